The van der Waals surface area contributed by atoms with Crippen LogP contribution >= 0.6 is 15.9 Å². The van der Waals surface area contributed by atoms with Crippen LogP contribution in [-0.4, -0.2) is 0 Å². The second kappa shape index (κ2) is 6.03. The van der Waals surface area contributed by atoms with Crippen molar-refractivity contribution in [3.63, 3.8) is 0 Å². The summed E-state index contributed by atoms with van der Waals surface area (Å²) in [5.41, 5.74) is 10.3. The lowest BCUT2D eigenvalue weighted by molar-refractivity contribution is 0.690. The van der Waals surface area contributed by atoms with Gasteiger partial charge in [0.05, 0.1) is 0 Å². The average molecular weight is 305 g/mol. The Kier molecular flexibility index (Phi) is 4.39. The molecule has 0 amide bonds. The summed E-state index contributed by atoms with van der Waals surface area (Å²) in [5.74, 6) is 0. The zero-order chi connectivity index (χ0) is 13.0. The van der Waals surface area contributed by atoms with Crippen LogP contribution in [0, 0.1) is 6.92 Å². The molecule has 18 heavy (non-hydrogen) atoms. The summed E-state index contributed by atoms with van der Waals surface area (Å²) in [7, 11) is 0. The molecule has 94 valence electrons. The van der Waals surface area contributed by atoms with Gasteiger partial charge >= 0.3 is 0 Å². The highest BCUT2D eigenvalue weighted by Crippen LogP contribution is 2.16. The van der Waals surface area contributed by atoms with Gasteiger partial charge in [-0.1, -0.05) is 34.1 Å². The van der Waals surface area contributed by atoms with Crippen molar-refractivity contribution < 1.29 is 0 Å². The molecule has 0 atom stereocenters. The van der Waals surface area contributed by atoms with Crippen molar-refractivity contribution in [3.05, 3.63) is 63.6 Å². The van der Waals surface area contributed by atoms with Gasteiger partial charge in [-0.3, -0.25) is 0 Å². The zero-order valence-electron chi connectivity index (χ0n) is 10.4. The number of halogens is 1. The van der Waals surface area contributed by atoms with Gasteiger partial charge in [-0.2, -0.15) is 0 Å². The Bertz CT molecular complexity index is 521. The van der Waals surface area contributed by atoms with Crippen molar-refractivity contribution in [2.45, 2.75) is 20.0 Å². The summed E-state index contributed by atoms with van der Waals surface area (Å²) in [6.07, 6.45) is 0. The van der Waals surface area contributed by atoms with Crippen LogP contribution in [0.5, 0.6) is 0 Å². The molecule has 2 aromatic rings. The SMILES string of the molecule is Cc1ccc(Br)cc1CNCc1ccc(N)cc1. The minimum Gasteiger partial charge on any atom is -0.399 e. The molecular formula is C15H17BrN2. The van der Waals surface area contributed by atoms with E-state index in [-0.39, 0.29) is 0 Å². The van der Waals surface area contributed by atoms with E-state index >= 15 is 0 Å². The molecule has 0 fully saturated rings. The number of nitrogen functional groups attached to an aromatic ring is 1. The van der Waals surface area contributed by atoms with Gasteiger partial charge in [0.1, 0.15) is 0 Å². The first-order chi connectivity index (χ1) is 8.65. The Labute approximate surface area is 116 Å². The van der Waals surface area contributed by atoms with Gasteiger partial charge in [0.2, 0.25) is 0 Å². The molecule has 2 aromatic carbocycles. The third-order valence-corrected chi connectivity index (χ3v) is 3.43. The minimum atomic E-state index is 0.807. The molecule has 0 unspecified atom stereocenters. The molecule has 0 saturated carbocycles. The molecule has 2 nitrogen and oxygen atoms in total. The van der Waals surface area contributed by atoms with Crippen LogP contribution in [0.2, 0.25) is 0 Å². The minimum absolute atomic E-state index is 0.807. The third-order valence-electron chi connectivity index (χ3n) is 2.94. The Morgan fingerprint density at radius 2 is 1.78 bits per heavy atom. The van der Waals surface area contributed by atoms with Gasteiger partial charge in [-0.25, -0.2) is 0 Å². The van der Waals surface area contributed by atoms with Crippen LogP contribution < -0.4 is 11.1 Å². The summed E-state index contributed by atoms with van der Waals surface area (Å²) in [6.45, 7) is 3.86. The predicted octanol–water partition coefficient (Wildman–Crippen LogP) is 3.63. The van der Waals surface area contributed by atoms with Gasteiger partial charge in [0.25, 0.3) is 0 Å². The Morgan fingerprint density at radius 3 is 2.50 bits per heavy atom. The molecule has 0 bridgehead atoms. The van der Waals surface area contributed by atoms with Crippen molar-refractivity contribution >= 4 is 21.6 Å². The van der Waals surface area contributed by atoms with Gasteiger partial charge < -0.3 is 11.1 Å². The lowest BCUT2D eigenvalue weighted by Crippen LogP contribution is -2.13. The van der Waals surface area contributed by atoms with Crippen LogP contribution in [0.1, 0.15) is 16.7 Å². The van der Waals surface area contributed by atoms with E-state index in [1.54, 1.807) is 0 Å². The first-order valence-corrected chi connectivity index (χ1v) is 6.74. The van der Waals surface area contributed by atoms with Crippen LogP contribution in [0.15, 0.2) is 46.9 Å². The number of hydrogen-bond acceptors (Lipinski definition) is 2. The molecule has 3 heteroatoms. The standard InChI is InChI=1S/C15H17BrN2/c1-11-2-5-14(16)8-13(11)10-18-9-12-3-6-15(17)7-4-12/h2-8,18H,9-10,17H2,1H3. The van der Waals surface area contributed by atoms with Crippen molar-refractivity contribution in [3.8, 4) is 0 Å². The van der Waals surface area contributed by atoms with Crippen LogP contribution in [-0.2, 0) is 13.1 Å². The molecule has 0 heterocycles. The fraction of sp³-hybridized carbons (Fsp3) is 0.200. The number of nitrogens with one attached hydrogen (secondary N) is 1. The van der Waals surface area contributed by atoms with Crippen molar-refractivity contribution in [1.29, 1.82) is 0 Å². The summed E-state index contributed by atoms with van der Waals surface area (Å²) < 4.78 is 1.12. The van der Waals surface area contributed by atoms with Gasteiger partial charge in [-0.15, -0.1) is 0 Å². The fourth-order valence-corrected chi connectivity index (χ4v) is 2.22. The van der Waals surface area contributed by atoms with E-state index in [2.05, 4.69) is 58.5 Å². The van der Waals surface area contributed by atoms with Crippen molar-refractivity contribution in [2.75, 3.05) is 5.73 Å². The number of aryl methyl sites for hydroxylation is 1. The first-order valence-electron chi connectivity index (χ1n) is 5.95. The lowest BCUT2D eigenvalue weighted by Gasteiger charge is -2.08. The van der Waals surface area contributed by atoms with Crippen molar-refractivity contribution in [1.82, 2.24) is 5.32 Å². The number of nitrogens with two attached hydrogens (primary N) is 1. The highest BCUT2D eigenvalue weighted by molar-refractivity contribution is 9.10. The largest absolute Gasteiger partial charge is 0.399 e. The average Bonchev–Trinajstić information content (AvgIpc) is 2.36. The molecule has 0 saturated heterocycles. The Balaban J connectivity index is 1.92. The van der Waals surface area contributed by atoms with Crippen LogP contribution in [0.25, 0.3) is 0 Å². The van der Waals surface area contributed by atoms with E-state index in [4.69, 9.17) is 5.73 Å². The topological polar surface area (TPSA) is 38.0 Å². The van der Waals surface area contributed by atoms with E-state index in [0.29, 0.717) is 0 Å². The number of anilines is 1. The second-order valence-corrected chi connectivity index (χ2v) is 5.33. The highest BCUT2D eigenvalue weighted by atomic mass is 79.9. The summed E-state index contributed by atoms with van der Waals surface area (Å²) in [4.78, 5) is 0. The second-order valence-electron chi connectivity index (χ2n) is 4.42. The van der Waals surface area contributed by atoms with Crippen molar-refractivity contribution in [2.24, 2.45) is 0 Å². The molecule has 0 spiro atoms. The summed E-state index contributed by atoms with van der Waals surface area (Å²) in [5, 5.41) is 3.44. The first kappa shape index (κ1) is 13.1. The molecule has 0 radical (unpaired) electrons. The van der Waals surface area contributed by atoms with Gasteiger partial charge in [0.15, 0.2) is 0 Å². The summed E-state index contributed by atoms with van der Waals surface area (Å²) >= 11 is 3.50. The number of rotatable bonds is 4. The van der Waals surface area contributed by atoms with E-state index in [1.165, 1.54) is 16.7 Å². The third kappa shape index (κ3) is 3.59. The molecule has 0 aromatic heterocycles. The van der Waals surface area contributed by atoms with E-state index in [9.17, 15) is 0 Å². The highest BCUT2D eigenvalue weighted by Gasteiger charge is 1.99. The smallest absolute Gasteiger partial charge is 0.0314 e. The van der Waals surface area contributed by atoms with Crippen LogP contribution in [0.4, 0.5) is 5.69 Å². The number of benzene rings is 2. The Hall–Kier alpha value is -1.32. The quantitative estimate of drug-likeness (QED) is 0.847. The van der Waals surface area contributed by atoms with Gasteiger partial charge in [0, 0.05) is 23.2 Å². The maximum Gasteiger partial charge on any atom is 0.0314 e. The summed E-state index contributed by atoms with van der Waals surface area (Å²) in [6, 6.07) is 14.3. The molecule has 2 rings (SSSR count). The maximum atomic E-state index is 5.66. The molecule has 3 N–H and O–H groups in total. The fourth-order valence-electron chi connectivity index (χ4n) is 1.81. The predicted molar refractivity (Wildman–Crippen MR) is 80.3 cm³/mol. The molecule has 0 aliphatic heterocycles. The maximum absolute atomic E-state index is 5.66. The van der Waals surface area contributed by atoms with E-state index in [1.807, 2.05) is 12.1 Å². The zero-order valence-corrected chi connectivity index (χ0v) is 12.0. The lowest BCUT2D eigenvalue weighted by atomic mass is 10.1. The molecular weight excluding hydrogens is 288 g/mol. The molecule has 0 aliphatic rings. The normalized spacial score (nSPS) is 10.6. The van der Waals surface area contributed by atoms with E-state index in [0.717, 1.165) is 23.2 Å². The molecule has 0 aliphatic carbocycles. The van der Waals surface area contributed by atoms with Gasteiger partial charge in [-0.05, 0) is 47.9 Å². The van der Waals surface area contributed by atoms with E-state index < -0.39 is 0 Å². The van der Waals surface area contributed by atoms with Crippen LogP contribution in [0.3, 0.4) is 0 Å². The number of hydrogen-bond donors (Lipinski definition) is 2. The Morgan fingerprint density at radius 1 is 1.06 bits per heavy atom. The monoisotopic (exact) mass is 304 g/mol.